The number of benzene rings is 1. The van der Waals surface area contributed by atoms with Crippen LogP contribution in [0.1, 0.15) is 18.2 Å². The number of hydrogen-bond donors (Lipinski definition) is 1. The number of hydrogen-bond acceptors (Lipinski definition) is 3. The van der Waals surface area contributed by atoms with Crippen molar-refractivity contribution in [3.05, 3.63) is 35.3 Å². The van der Waals surface area contributed by atoms with Crippen LogP contribution in [-0.2, 0) is 17.9 Å². The van der Waals surface area contributed by atoms with Crippen LogP contribution in [0.15, 0.2) is 22.6 Å². The van der Waals surface area contributed by atoms with E-state index >= 15 is 0 Å². The summed E-state index contributed by atoms with van der Waals surface area (Å²) >= 11 is 0. The van der Waals surface area contributed by atoms with Gasteiger partial charge in [-0.1, -0.05) is 19.1 Å². The molecule has 1 heterocycles. The van der Waals surface area contributed by atoms with Gasteiger partial charge in [0.2, 0.25) is 0 Å². The number of rotatable bonds is 5. The van der Waals surface area contributed by atoms with Crippen molar-refractivity contribution in [2.24, 2.45) is 0 Å². The minimum absolute atomic E-state index is 0.312. The Bertz CT molecular complexity index is 507. The van der Waals surface area contributed by atoms with Crippen LogP contribution in [0.5, 0.6) is 0 Å². The lowest BCUT2D eigenvalue weighted by molar-refractivity contribution is 0.183. The van der Waals surface area contributed by atoms with E-state index in [1.807, 2.05) is 13.0 Å². The predicted molar refractivity (Wildman–Crippen MR) is 64.3 cm³/mol. The van der Waals surface area contributed by atoms with Crippen molar-refractivity contribution in [2.75, 3.05) is 13.7 Å². The van der Waals surface area contributed by atoms with Crippen molar-refractivity contribution in [1.82, 2.24) is 5.32 Å². The summed E-state index contributed by atoms with van der Waals surface area (Å²) in [6.07, 6.45) is 0. The van der Waals surface area contributed by atoms with Crippen LogP contribution in [-0.4, -0.2) is 13.7 Å². The smallest absolute Gasteiger partial charge is 0.170 e. The van der Waals surface area contributed by atoms with E-state index in [9.17, 15) is 4.39 Å². The zero-order chi connectivity index (χ0) is 12.3. The molecule has 4 heteroatoms. The highest BCUT2D eigenvalue weighted by Crippen LogP contribution is 2.28. The maximum atomic E-state index is 13.6. The summed E-state index contributed by atoms with van der Waals surface area (Å²) in [5, 5.41) is 3.96. The second-order valence-corrected chi connectivity index (χ2v) is 3.83. The van der Waals surface area contributed by atoms with Crippen LogP contribution in [0.4, 0.5) is 4.39 Å². The number of ether oxygens (including phenoxy) is 1. The van der Waals surface area contributed by atoms with Crippen molar-refractivity contribution >= 4 is 11.0 Å². The van der Waals surface area contributed by atoms with Crippen LogP contribution in [0.25, 0.3) is 11.0 Å². The standard InChI is InChI=1S/C13H16FNO2/c1-3-15-7-12-10(8-16-2)9-5-4-6-11(14)13(9)17-12/h4-6,15H,3,7-8H2,1-2H3. The molecule has 0 atom stereocenters. The molecule has 1 aromatic heterocycles. The molecule has 0 spiro atoms. The lowest BCUT2D eigenvalue weighted by Gasteiger charge is -2.02. The molecule has 0 aliphatic carbocycles. The Balaban J connectivity index is 2.49. The van der Waals surface area contributed by atoms with E-state index in [1.54, 1.807) is 13.2 Å². The summed E-state index contributed by atoms with van der Waals surface area (Å²) in [7, 11) is 1.62. The lowest BCUT2D eigenvalue weighted by Crippen LogP contribution is -2.12. The number of nitrogens with one attached hydrogen (secondary N) is 1. The van der Waals surface area contributed by atoms with E-state index in [-0.39, 0.29) is 5.82 Å². The minimum Gasteiger partial charge on any atom is -0.456 e. The molecule has 2 rings (SSSR count). The van der Waals surface area contributed by atoms with E-state index in [1.165, 1.54) is 6.07 Å². The number of para-hydroxylation sites is 1. The molecule has 0 saturated carbocycles. The second-order valence-electron chi connectivity index (χ2n) is 3.83. The first-order valence-electron chi connectivity index (χ1n) is 5.66. The maximum absolute atomic E-state index is 13.6. The normalized spacial score (nSPS) is 11.2. The lowest BCUT2D eigenvalue weighted by atomic mass is 10.1. The van der Waals surface area contributed by atoms with Gasteiger partial charge in [0.25, 0.3) is 0 Å². The molecule has 17 heavy (non-hydrogen) atoms. The monoisotopic (exact) mass is 237 g/mol. The van der Waals surface area contributed by atoms with Crippen molar-refractivity contribution < 1.29 is 13.5 Å². The van der Waals surface area contributed by atoms with Gasteiger partial charge in [-0.15, -0.1) is 0 Å². The third kappa shape index (κ3) is 2.33. The Morgan fingerprint density at radius 3 is 2.94 bits per heavy atom. The van der Waals surface area contributed by atoms with Crippen molar-refractivity contribution in [3.8, 4) is 0 Å². The summed E-state index contributed by atoms with van der Waals surface area (Å²) in [4.78, 5) is 0. The van der Waals surface area contributed by atoms with E-state index in [4.69, 9.17) is 9.15 Å². The molecule has 1 aromatic carbocycles. The van der Waals surface area contributed by atoms with Crippen LogP contribution >= 0.6 is 0 Å². The third-order valence-electron chi connectivity index (χ3n) is 2.68. The molecule has 0 bridgehead atoms. The van der Waals surface area contributed by atoms with Gasteiger partial charge in [-0.05, 0) is 12.6 Å². The van der Waals surface area contributed by atoms with Crippen molar-refractivity contribution in [3.63, 3.8) is 0 Å². The molecule has 0 radical (unpaired) electrons. The molecular weight excluding hydrogens is 221 g/mol. The molecule has 2 aromatic rings. The van der Waals surface area contributed by atoms with Gasteiger partial charge < -0.3 is 14.5 Å². The van der Waals surface area contributed by atoms with Gasteiger partial charge in [0, 0.05) is 18.1 Å². The second kappa shape index (κ2) is 5.29. The van der Waals surface area contributed by atoms with Gasteiger partial charge in [-0.2, -0.15) is 0 Å². The molecular formula is C13H16FNO2. The fraction of sp³-hybridized carbons (Fsp3) is 0.385. The Kier molecular flexibility index (Phi) is 3.76. The average Bonchev–Trinajstić information content (AvgIpc) is 2.67. The highest BCUT2D eigenvalue weighted by atomic mass is 19.1. The molecule has 0 amide bonds. The fourth-order valence-electron chi connectivity index (χ4n) is 1.87. The van der Waals surface area contributed by atoms with Gasteiger partial charge in [0.15, 0.2) is 11.4 Å². The minimum atomic E-state index is -0.331. The van der Waals surface area contributed by atoms with Gasteiger partial charge in [-0.25, -0.2) is 4.39 Å². The number of halogens is 1. The van der Waals surface area contributed by atoms with Crippen LogP contribution in [0, 0.1) is 5.82 Å². The Labute approximate surface area is 99.6 Å². The molecule has 0 fully saturated rings. The SMILES string of the molecule is CCNCc1oc2c(F)cccc2c1COC. The third-order valence-corrected chi connectivity index (χ3v) is 2.68. The fourth-order valence-corrected chi connectivity index (χ4v) is 1.87. The van der Waals surface area contributed by atoms with E-state index in [0.717, 1.165) is 23.3 Å². The highest BCUT2D eigenvalue weighted by molar-refractivity contribution is 5.82. The van der Waals surface area contributed by atoms with E-state index in [2.05, 4.69) is 5.32 Å². The van der Waals surface area contributed by atoms with Crippen LogP contribution in [0.2, 0.25) is 0 Å². The summed E-state index contributed by atoms with van der Waals surface area (Å²) in [6, 6.07) is 4.94. The first-order valence-corrected chi connectivity index (χ1v) is 5.66. The molecule has 3 nitrogen and oxygen atoms in total. The quantitative estimate of drug-likeness (QED) is 0.868. The van der Waals surface area contributed by atoms with Crippen molar-refractivity contribution in [2.45, 2.75) is 20.1 Å². The first kappa shape index (κ1) is 12.1. The zero-order valence-corrected chi connectivity index (χ0v) is 10.0. The van der Waals surface area contributed by atoms with Gasteiger partial charge >= 0.3 is 0 Å². The van der Waals surface area contributed by atoms with Gasteiger partial charge in [0.05, 0.1) is 13.2 Å². The molecule has 0 saturated heterocycles. The summed E-state index contributed by atoms with van der Waals surface area (Å²) < 4.78 is 24.3. The molecule has 0 aliphatic heterocycles. The molecule has 92 valence electrons. The largest absolute Gasteiger partial charge is 0.456 e. The van der Waals surface area contributed by atoms with E-state index in [0.29, 0.717) is 18.7 Å². The zero-order valence-electron chi connectivity index (χ0n) is 10.0. The van der Waals surface area contributed by atoms with Gasteiger partial charge in [-0.3, -0.25) is 0 Å². The summed E-state index contributed by atoms with van der Waals surface area (Å²) in [5.74, 6) is 0.413. The first-order chi connectivity index (χ1) is 8.27. The summed E-state index contributed by atoms with van der Waals surface area (Å²) in [6.45, 7) is 3.87. The number of fused-ring (bicyclic) bond motifs is 1. The number of methoxy groups -OCH3 is 1. The topological polar surface area (TPSA) is 34.4 Å². The number of furan rings is 1. The van der Waals surface area contributed by atoms with Crippen LogP contribution < -0.4 is 5.32 Å². The molecule has 1 N–H and O–H groups in total. The molecule has 0 unspecified atom stereocenters. The van der Waals surface area contributed by atoms with Gasteiger partial charge in [0.1, 0.15) is 5.76 Å². The Hall–Kier alpha value is -1.39. The maximum Gasteiger partial charge on any atom is 0.170 e. The van der Waals surface area contributed by atoms with Crippen molar-refractivity contribution in [1.29, 1.82) is 0 Å². The van der Waals surface area contributed by atoms with E-state index < -0.39 is 0 Å². The highest BCUT2D eigenvalue weighted by Gasteiger charge is 2.15. The predicted octanol–water partition coefficient (Wildman–Crippen LogP) is 2.83. The Morgan fingerprint density at radius 2 is 2.24 bits per heavy atom. The molecule has 0 aliphatic rings. The Morgan fingerprint density at radius 1 is 1.41 bits per heavy atom. The summed E-state index contributed by atoms with van der Waals surface area (Å²) in [5.41, 5.74) is 1.23. The average molecular weight is 237 g/mol. The van der Waals surface area contributed by atoms with Crippen LogP contribution in [0.3, 0.4) is 0 Å².